The maximum Gasteiger partial charge on any atom is 0.269 e. The number of benzene rings is 1. The summed E-state index contributed by atoms with van der Waals surface area (Å²) in [7, 11) is 0.0825. The molecule has 4 aromatic rings. The van der Waals surface area contributed by atoms with Crippen molar-refractivity contribution in [2.75, 3.05) is 7.05 Å². The van der Waals surface area contributed by atoms with E-state index in [1.165, 1.54) is 10.2 Å². The van der Waals surface area contributed by atoms with Gasteiger partial charge in [0.1, 0.15) is 4.90 Å². The Bertz CT molecular complexity index is 1210. The van der Waals surface area contributed by atoms with E-state index in [1.807, 2.05) is 55.2 Å². The van der Waals surface area contributed by atoms with Crippen LogP contribution in [-0.4, -0.2) is 29.0 Å². The lowest BCUT2D eigenvalue weighted by atomic mass is 10.1. The van der Waals surface area contributed by atoms with Crippen molar-refractivity contribution in [1.29, 1.82) is 0 Å². The predicted octanol–water partition coefficient (Wildman–Crippen LogP) is 3.00. The number of rotatable bonds is 5. The second kappa shape index (κ2) is 6.68. The van der Waals surface area contributed by atoms with Gasteiger partial charge in [0.15, 0.2) is 0 Å². The number of hydrogen-bond acceptors (Lipinski definition) is 4. The molecule has 0 aliphatic rings. The van der Waals surface area contributed by atoms with Crippen molar-refractivity contribution in [2.45, 2.75) is 11.4 Å². The summed E-state index contributed by atoms with van der Waals surface area (Å²) in [6.07, 6.45) is 6.60. The Labute approximate surface area is 158 Å². The van der Waals surface area contributed by atoms with E-state index < -0.39 is 10.0 Å². The van der Waals surface area contributed by atoms with Crippen LogP contribution in [0.3, 0.4) is 0 Å². The van der Waals surface area contributed by atoms with Gasteiger partial charge in [-0.2, -0.15) is 0 Å². The van der Waals surface area contributed by atoms with Gasteiger partial charge in [0.2, 0.25) is 0 Å². The summed E-state index contributed by atoms with van der Waals surface area (Å²) in [6, 6.07) is 13.1. The molecule has 0 saturated heterocycles. The molecule has 138 valence electrons. The van der Waals surface area contributed by atoms with Crippen LogP contribution in [0, 0.1) is 0 Å². The summed E-state index contributed by atoms with van der Waals surface area (Å²) in [5.74, 6) is 0. The van der Waals surface area contributed by atoms with Gasteiger partial charge < -0.3 is 9.88 Å². The zero-order chi connectivity index (χ0) is 19.0. The first-order chi connectivity index (χ1) is 13.0. The molecular weight excluding hydrogens is 360 g/mol. The van der Waals surface area contributed by atoms with Crippen molar-refractivity contribution in [2.24, 2.45) is 7.05 Å². The van der Waals surface area contributed by atoms with E-state index >= 15 is 0 Å². The standard InChI is InChI=1S/C20H20N4O2S/c1-21-12-15-10-20(16-5-6-19-17(11-16)7-9-23(19)2)24(14-15)27(25,26)18-4-3-8-22-13-18/h3-11,13-14,21H,12H2,1-2H3. The third-order valence-electron chi connectivity index (χ3n) is 4.60. The lowest BCUT2D eigenvalue weighted by molar-refractivity contribution is 0.587. The minimum absolute atomic E-state index is 0.165. The molecule has 4 rings (SSSR count). The number of nitrogens with one attached hydrogen (secondary N) is 1. The van der Waals surface area contributed by atoms with Gasteiger partial charge >= 0.3 is 0 Å². The molecule has 0 saturated carbocycles. The number of fused-ring (bicyclic) bond motifs is 1. The molecule has 7 heteroatoms. The van der Waals surface area contributed by atoms with Crippen LogP contribution in [0.15, 0.2) is 72.1 Å². The summed E-state index contributed by atoms with van der Waals surface area (Å²) in [5, 5.41) is 4.14. The largest absolute Gasteiger partial charge is 0.351 e. The number of aromatic nitrogens is 3. The first-order valence-electron chi connectivity index (χ1n) is 8.57. The van der Waals surface area contributed by atoms with E-state index in [2.05, 4.69) is 10.3 Å². The lowest BCUT2D eigenvalue weighted by Crippen LogP contribution is -2.13. The Morgan fingerprint density at radius 2 is 2.00 bits per heavy atom. The van der Waals surface area contributed by atoms with E-state index in [0.29, 0.717) is 12.2 Å². The van der Waals surface area contributed by atoms with Gasteiger partial charge in [0.25, 0.3) is 10.0 Å². The zero-order valence-corrected chi connectivity index (χ0v) is 15.9. The van der Waals surface area contributed by atoms with E-state index in [0.717, 1.165) is 22.0 Å². The smallest absolute Gasteiger partial charge is 0.269 e. The molecule has 6 nitrogen and oxygen atoms in total. The monoisotopic (exact) mass is 380 g/mol. The fourth-order valence-corrected chi connectivity index (χ4v) is 4.62. The number of hydrogen-bond donors (Lipinski definition) is 1. The molecule has 0 spiro atoms. The van der Waals surface area contributed by atoms with Crippen LogP contribution in [-0.2, 0) is 23.6 Å². The summed E-state index contributed by atoms with van der Waals surface area (Å²) < 4.78 is 29.8. The van der Waals surface area contributed by atoms with Crippen molar-refractivity contribution in [3.63, 3.8) is 0 Å². The van der Waals surface area contributed by atoms with Crippen LogP contribution in [0.5, 0.6) is 0 Å². The maximum absolute atomic E-state index is 13.2. The molecule has 0 fully saturated rings. The predicted molar refractivity (Wildman–Crippen MR) is 106 cm³/mol. The summed E-state index contributed by atoms with van der Waals surface area (Å²) in [6.45, 7) is 0.580. The maximum atomic E-state index is 13.2. The first-order valence-corrected chi connectivity index (χ1v) is 10.0. The van der Waals surface area contributed by atoms with Crippen LogP contribution in [0.2, 0.25) is 0 Å². The molecule has 27 heavy (non-hydrogen) atoms. The topological polar surface area (TPSA) is 68.9 Å². The van der Waals surface area contributed by atoms with Gasteiger partial charge in [-0.1, -0.05) is 6.07 Å². The van der Waals surface area contributed by atoms with Gasteiger partial charge in [-0.05, 0) is 54.6 Å². The minimum Gasteiger partial charge on any atom is -0.351 e. The molecule has 3 aromatic heterocycles. The minimum atomic E-state index is -3.74. The van der Waals surface area contributed by atoms with Crippen LogP contribution in [0.25, 0.3) is 22.2 Å². The number of nitrogens with zero attached hydrogens (tertiary/aromatic N) is 3. The Hall–Kier alpha value is -2.90. The lowest BCUT2D eigenvalue weighted by Gasteiger charge is -2.11. The van der Waals surface area contributed by atoms with Gasteiger partial charge in [0.05, 0.1) is 5.69 Å². The molecule has 1 N–H and O–H groups in total. The molecule has 0 aliphatic carbocycles. The average Bonchev–Trinajstić information content (AvgIpc) is 3.27. The Morgan fingerprint density at radius 1 is 1.15 bits per heavy atom. The molecule has 1 aromatic carbocycles. The zero-order valence-electron chi connectivity index (χ0n) is 15.1. The van der Waals surface area contributed by atoms with Crippen LogP contribution >= 0.6 is 0 Å². The van der Waals surface area contributed by atoms with E-state index in [1.54, 1.807) is 24.5 Å². The van der Waals surface area contributed by atoms with Crippen molar-refractivity contribution >= 4 is 20.9 Å². The fraction of sp³-hybridized carbons (Fsp3) is 0.150. The normalized spacial score (nSPS) is 11.9. The van der Waals surface area contributed by atoms with Gasteiger partial charge in [-0.25, -0.2) is 12.4 Å². The van der Waals surface area contributed by atoms with Crippen LogP contribution < -0.4 is 5.32 Å². The van der Waals surface area contributed by atoms with E-state index in [9.17, 15) is 8.42 Å². The van der Waals surface area contributed by atoms with E-state index in [4.69, 9.17) is 0 Å². The Morgan fingerprint density at radius 3 is 2.74 bits per heavy atom. The van der Waals surface area contributed by atoms with Gasteiger partial charge in [-0.15, -0.1) is 0 Å². The molecular formula is C20H20N4O2S. The quantitative estimate of drug-likeness (QED) is 0.578. The van der Waals surface area contributed by atoms with Crippen molar-refractivity contribution in [1.82, 2.24) is 18.8 Å². The van der Waals surface area contributed by atoms with Gasteiger partial charge in [-0.3, -0.25) is 4.98 Å². The summed E-state index contributed by atoms with van der Waals surface area (Å²) >= 11 is 0. The highest BCUT2D eigenvalue weighted by Crippen LogP contribution is 2.29. The molecule has 0 atom stereocenters. The third kappa shape index (κ3) is 3.05. The summed E-state index contributed by atoms with van der Waals surface area (Å²) in [4.78, 5) is 4.12. The van der Waals surface area contributed by atoms with Crippen molar-refractivity contribution < 1.29 is 8.42 Å². The highest BCUT2D eigenvalue weighted by Gasteiger charge is 2.22. The first kappa shape index (κ1) is 17.5. The molecule has 0 amide bonds. The van der Waals surface area contributed by atoms with Crippen molar-refractivity contribution in [3.05, 3.63) is 72.8 Å². The fourth-order valence-electron chi connectivity index (χ4n) is 3.26. The number of aryl methyl sites for hydroxylation is 1. The highest BCUT2D eigenvalue weighted by molar-refractivity contribution is 7.90. The van der Waals surface area contributed by atoms with Crippen LogP contribution in [0.4, 0.5) is 0 Å². The second-order valence-electron chi connectivity index (χ2n) is 6.45. The molecule has 0 bridgehead atoms. The van der Waals surface area contributed by atoms with E-state index in [-0.39, 0.29) is 4.90 Å². The Balaban J connectivity index is 1.91. The Kier molecular flexibility index (Phi) is 4.33. The highest BCUT2D eigenvalue weighted by atomic mass is 32.2. The second-order valence-corrected chi connectivity index (χ2v) is 8.27. The molecule has 0 aliphatic heterocycles. The van der Waals surface area contributed by atoms with Crippen molar-refractivity contribution in [3.8, 4) is 11.3 Å². The average molecular weight is 380 g/mol. The number of pyridine rings is 1. The van der Waals surface area contributed by atoms with Gasteiger partial charge in [0, 0.05) is 49.3 Å². The summed E-state index contributed by atoms with van der Waals surface area (Å²) in [5.41, 5.74) is 3.48. The molecule has 3 heterocycles. The third-order valence-corrected chi connectivity index (χ3v) is 6.25. The molecule has 0 radical (unpaired) electrons. The SMILES string of the molecule is CNCc1cc(-c2ccc3c(ccn3C)c2)n(S(=O)(=O)c2cccnc2)c1. The van der Waals surface area contributed by atoms with Crippen LogP contribution in [0.1, 0.15) is 5.56 Å². The molecule has 0 unspecified atom stereocenters.